The molecule has 1 aliphatic heterocycles. The van der Waals surface area contributed by atoms with E-state index in [1.807, 2.05) is 42.1 Å². The number of carbonyl (C=O) groups is 1. The molecule has 32 heavy (non-hydrogen) atoms. The fourth-order valence-electron chi connectivity index (χ4n) is 4.05. The van der Waals surface area contributed by atoms with Crippen molar-refractivity contribution in [3.63, 3.8) is 0 Å². The second kappa shape index (κ2) is 9.02. The molecule has 0 spiro atoms. The highest BCUT2D eigenvalue weighted by Gasteiger charge is 2.27. The molecule has 1 amide bonds. The number of rotatable bonds is 6. The SMILES string of the molecule is Cn1nc(C(=O)NCc2cccnc2)c2c1CCN(Cc1nc(-c3ccccc3)cs1)C2. The molecule has 3 aromatic heterocycles. The predicted molar refractivity (Wildman–Crippen MR) is 124 cm³/mol. The van der Waals surface area contributed by atoms with Gasteiger partial charge in [-0.15, -0.1) is 11.3 Å². The van der Waals surface area contributed by atoms with Gasteiger partial charge in [-0.25, -0.2) is 4.98 Å². The molecule has 5 rings (SSSR count). The lowest BCUT2D eigenvalue weighted by atomic mass is 10.0. The quantitative estimate of drug-likeness (QED) is 0.493. The van der Waals surface area contributed by atoms with Gasteiger partial charge in [-0.3, -0.25) is 19.4 Å². The molecule has 0 unspecified atom stereocenters. The zero-order valence-electron chi connectivity index (χ0n) is 17.9. The highest BCUT2D eigenvalue weighted by Crippen LogP contribution is 2.26. The summed E-state index contributed by atoms with van der Waals surface area (Å²) in [5.41, 5.74) is 5.78. The van der Waals surface area contributed by atoms with Crippen molar-refractivity contribution in [3.05, 3.63) is 87.8 Å². The van der Waals surface area contributed by atoms with Gasteiger partial charge >= 0.3 is 0 Å². The maximum absolute atomic E-state index is 12.9. The first-order chi connectivity index (χ1) is 15.7. The van der Waals surface area contributed by atoms with Crippen LogP contribution >= 0.6 is 11.3 Å². The Morgan fingerprint density at radius 1 is 1.19 bits per heavy atom. The van der Waals surface area contributed by atoms with Crippen LogP contribution < -0.4 is 5.32 Å². The molecule has 0 aliphatic carbocycles. The van der Waals surface area contributed by atoms with Crippen LogP contribution in [-0.2, 0) is 33.1 Å². The molecule has 0 bridgehead atoms. The average molecular weight is 445 g/mol. The van der Waals surface area contributed by atoms with Gasteiger partial charge in [-0.05, 0) is 11.6 Å². The van der Waals surface area contributed by atoms with Gasteiger partial charge in [0, 0.05) is 67.7 Å². The molecule has 0 saturated heterocycles. The highest BCUT2D eigenvalue weighted by atomic mass is 32.1. The van der Waals surface area contributed by atoms with Crippen molar-refractivity contribution in [3.8, 4) is 11.3 Å². The van der Waals surface area contributed by atoms with Crippen molar-refractivity contribution in [1.82, 2.24) is 30.0 Å². The largest absolute Gasteiger partial charge is 0.346 e. The Balaban J connectivity index is 1.28. The molecule has 1 N–H and O–H groups in total. The molecular weight excluding hydrogens is 420 g/mol. The number of nitrogens with zero attached hydrogens (tertiary/aromatic N) is 5. The van der Waals surface area contributed by atoms with Gasteiger partial charge in [0.25, 0.3) is 5.91 Å². The number of amides is 1. The molecule has 0 radical (unpaired) electrons. The zero-order valence-corrected chi connectivity index (χ0v) is 18.7. The van der Waals surface area contributed by atoms with E-state index < -0.39 is 0 Å². The second-order valence-corrected chi connectivity index (χ2v) is 8.84. The number of hydrogen-bond acceptors (Lipinski definition) is 6. The molecule has 0 fully saturated rings. The highest BCUT2D eigenvalue weighted by molar-refractivity contribution is 7.09. The van der Waals surface area contributed by atoms with Crippen LogP contribution in [-0.4, -0.2) is 37.1 Å². The van der Waals surface area contributed by atoms with Crippen LogP contribution in [0.4, 0.5) is 0 Å². The lowest BCUT2D eigenvalue weighted by Gasteiger charge is -2.26. The number of aromatic nitrogens is 4. The van der Waals surface area contributed by atoms with Crippen LogP contribution in [0.3, 0.4) is 0 Å². The summed E-state index contributed by atoms with van der Waals surface area (Å²) in [5, 5.41) is 10.7. The van der Waals surface area contributed by atoms with Gasteiger partial charge in [-0.1, -0.05) is 36.4 Å². The molecule has 4 heterocycles. The Bertz CT molecular complexity index is 1220. The maximum atomic E-state index is 12.9. The standard InChI is InChI=1S/C24H24N6OS/c1-29-21-9-11-30(15-22-27-20(16-32-22)18-7-3-2-4-8-18)14-19(21)23(28-29)24(31)26-13-17-6-5-10-25-12-17/h2-8,10,12,16H,9,11,13-15H2,1H3,(H,26,31). The third-order valence-corrected chi connectivity index (χ3v) is 6.53. The molecule has 0 saturated carbocycles. The molecule has 1 aliphatic rings. The third-order valence-electron chi connectivity index (χ3n) is 5.69. The molecule has 0 atom stereocenters. The first kappa shape index (κ1) is 20.5. The van der Waals surface area contributed by atoms with Crippen molar-refractivity contribution in [2.45, 2.75) is 26.1 Å². The normalized spacial score (nSPS) is 13.7. The van der Waals surface area contributed by atoms with Gasteiger partial charge in [0.15, 0.2) is 5.69 Å². The Morgan fingerprint density at radius 3 is 2.88 bits per heavy atom. The first-order valence-corrected chi connectivity index (χ1v) is 11.5. The van der Waals surface area contributed by atoms with Crippen molar-refractivity contribution < 1.29 is 4.79 Å². The van der Waals surface area contributed by atoms with Crippen molar-refractivity contribution in [2.75, 3.05) is 6.54 Å². The minimum absolute atomic E-state index is 0.145. The van der Waals surface area contributed by atoms with E-state index in [1.54, 1.807) is 23.7 Å². The Labute approximate surface area is 190 Å². The third kappa shape index (κ3) is 4.32. The van der Waals surface area contributed by atoms with Gasteiger partial charge in [-0.2, -0.15) is 5.10 Å². The van der Waals surface area contributed by atoms with Gasteiger partial charge < -0.3 is 5.32 Å². The summed E-state index contributed by atoms with van der Waals surface area (Å²) in [7, 11) is 1.92. The number of aryl methyl sites for hydroxylation is 1. The van der Waals surface area contributed by atoms with Crippen LogP contribution in [0, 0.1) is 0 Å². The van der Waals surface area contributed by atoms with E-state index in [0.717, 1.165) is 52.6 Å². The molecule has 162 valence electrons. The first-order valence-electron chi connectivity index (χ1n) is 10.6. The second-order valence-electron chi connectivity index (χ2n) is 7.89. The minimum Gasteiger partial charge on any atom is -0.346 e. The van der Waals surface area contributed by atoms with Crippen molar-refractivity contribution >= 4 is 17.2 Å². The fourth-order valence-corrected chi connectivity index (χ4v) is 4.90. The minimum atomic E-state index is -0.145. The summed E-state index contributed by atoms with van der Waals surface area (Å²) in [6, 6.07) is 14.1. The fraction of sp³-hybridized carbons (Fsp3) is 0.250. The summed E-state index contributed by atoms with van der Waals surface area (Å²) >= 11 is 1.68. The zero-order chi connectivity index (χ0) is 21.9. The van der Waals surface area contributed by atoms with Crippen LogP contribution in [0.15, 0.2) is 60.2 Å². The molecular formula is C24H24N6OS. The summed E-state index contributed by atoms with van der Waals surface area (Å²) in [6.45, 7) is 2.81. The number of thiazole rings is 1. The monoisotopic (exact) mass is 444 g/mol. The average Bonchev–Trinajstić information content (AvgIpc) is 3.43. The Hall–Kier alpha value is -3.36. The van der Waals surface area contributed by atoms with Crippen LogP contribution in [0.2, 0.25) is 0 Å². The van der Waals surface area contributed by atoms with Crippen LogP contribution in [0.1, 0.15) is 32.3 Å². The van der Waals surface area contributed by atoms with Gasteiger partial charge in [0.1, 0.15) is 5.01 Å². The predicted octanol–water partition coefficient (Wildman–Crippen LogP) is 3.43. The van der Waals surface area contributed by atoms with Crippen molar-refractivity contribution in [1.29, 1.82) is 0 Å². The summed E-state index contributed by atoms with van der Waals surface area (Å²) in [6.07, 6.45) is 4.35. The number of fused-ring (bicyclic) bond motifs is 1. The van der Waals surface area contributed by atoms with Gasteiger partial charge in [0.05, 0.1) is 12.2 Å². The molecule has 8 heteroatoms. The summed E-state index contributed by atoms with van der Waals surface area (Å²) < 4.78 is 1.85. The van der Waals surface area contributed by atoms with E-state index in [9.17, 15) is 4.79 Å². The van der Waals surface area contributed by atoms with E-state index in [-0.39, 0.29) is 5.91 Å². The van der Waals surface area contributed by atoms with Crippen LogP contribution in [0.5, 0.6) is 0 Å². The Morgan fingerprint density at radius 2 is 2.06 bits per heavy atom. The topological polar surface area (TPSA) is 75.9 Å². The van der Waals surface area contributed by atoms with E-state index in [4.69, 9.17) is 4.98 Å². The number of benzene rings is 1. The van der Waals surface area contributed by atoms with E-state index in [0.29, 0.717) is 18.8 Å². The van der Waals surface area contributed by atoms with Gasteiger partial charge in [0.2, 0.25) is 0 Å². The van der Waals surface area contributed by atoms with E-state index in [2.05, 4.69) is 37.8 Å². The number of hydrogen-bond donors (Lipinski definition) is 1. The maximum Gasteiger partial charge on any atom is 0.272 e. The summed E-state index contributed by atoms with van der Waals surface area (Å²) in [5.74, 6) is -0.145. The van der Waals surface area contributed by atoms with E-state index in [1.165, 1.54) is 0 Å². The number of carbonyl (C=O) groups excluding carboxylic acids is 1. The summed E-state index contributed by atoms with van der Waals surface area (Å²) in [4.78, 5) is 24.2. The Kier molecular flexibility index (Phi) is 5.79. The molecule has 7 nitrogen and oxygen atoms in total. The molecule has 4 aromatic rings. The van der Waals surface area contributed by atoms with Crippen molar-refractivity contribution in [2.24, 2.45) is 7.05 Å². The smallest absolute Gasteiger partial charge is 0.272 e. The van der Waals surface area contributed by atoms with E-state index >= 15 is 0 Å². The molecule has 1 aromatic carbocycles. The number of nitrogens with one attached hydrogen (secondary N) is 1. The lowest BCUT2D eigenvalue weighted by molar-refractivity contribution is 0.0942. The lowest BCUT2D eigenvalue weighted by Crippen LogP contribution is -2.32. The van der Waals surface area contributed by atoms with Crippen LogP contribution in [0.25, 0.3) is 11.3 Å². The number of pyridine rings is 1.